The Morgan fingerprint density at radius 3 is 2.92 bits per heavy atom. The molecule has 0 radical (unpaired) electrons. The number of fused-ring (bicyclic) bond motifs is 1. The van der Waals surface area contributed by atoms with E-state index in [1.165, 1.54) is 10.3 Å². The lowest BCUT2D eigenvalue weighted by Crippen LogP contribution is -1.87. The van der Waals surface area contributed by atoms with Crippen LogP contribution in [0.2, 0.25) is 0 Å². The third-order valence-electron chi connectivity index (χ3n) is 1.94. The predicted octanol–water partition coefficient (Wildman–Crippen LogP) is 3.08. The Morgan fingerprint density at radius 2 is 2.17 bits per heavy atom. The molecule has 0 unspecified atom stereocenters. The van der Waals surface area contributed by atoms with Crippen molar-refractivity contribution in [3.05, 3.63) is 23.1 Å². The zero-order valence-electron chi connectivity index (χ0n) is 6.66. The largest absolute Gasteiger partial charge is 0.397 e. The molecule has 0 amide bonds. The van der Waals surface area contributed by atoms with E-state index in [-0.39, 0.29) is 0 Å². The van der Waals surface area contributed by atoms with Gasteiger partial charge in [-0.25, -0.2) is 0 Å². The third-order valence-corrected chi connectivity index (χ3v) is 3.40. The van der Waals surface area contributed by atoms with Crippen molar-refractivity contribution < 1.29 is 0 Å². The van der Waals surface area contributed by atoms with Gasteiger partial charge in [-0.2, -0.15) is 0 Å². The summed E-state index contributed by atoms with van der Waals surface area (Å²) in [6.45, 7) is 2.07. The van der Waals surface area contributed by atoms with Gasteiger partial charge in [-0.15, -0.1) is 24.0 Å². The fourth-order valence-corrected chi connectivity index (χ4v) is 2.45. The molecule has 1 heterocycles. The minimum Gasteiger partial charge on any atom is -0.397 e. The summed E-state index contributed by atoms with van der Waals surface area (Å²) in [7, 11) is 0. The number of anilines is 1. The first-order valence-corrected chi connectivity index (χ1v) is 4.98. The van der Waals surface area contributed by atoms with Crippen molar-refractivity contribution in [2.75, 3.05) is 5.73 Å². The highest BCUT2D eigenvalue weighted by Crippen LogP contribution is 2.33. The number of benzene rings is 1. The lowest BCUT2D eigenvalue weighted by Gasteiger charge is -2.00. The molecule has 2 rings (SSSR count). The summed E-state index contributed by atoms with van der Waals surface area (Å²) in [5.74, 6) is 0. The molecule has 2 N–H and O–H groups in total. The van der Waals surface area contributed by atoms with E-state index in [1.807, 2.05) is 6.07 Å². The Labute approximate surface area is 80.6 Å². The van der Waals surface area contributed by atoms with Gasteiger partial charge in [0, 0.05) is 15.0 Å². The van der Waals surface area contributed by atoms with Crippen LogP contribution in [0.4, 0.5) is 5.69 Å². The van der Waals surface area contributed by atoms with Gasteiger partial charge in [-0.05, 0) is 30.0 Å². The number of aryl methyl sites for hydroxylation is 1. The van der Waals surface area contributed by atoms with Crippen molar-refractivity contribution >= 4 is 39.7 Å². The lowest BCUT2D eigenvalue weighted by atomic mass is 10.1. The molecule has 3 heteroatoms. The summed E-state index contributed by atoms with van der Waals surface area (Å²) in [6.07, 6.45) is 0. The summed E-state index contributed by atoms with van der Waals surface area (Å²) in [4.78, 5) is 0.865. The highest BCUT2D eigenvalue weighted by molar-refractivity contribution is 7.80. The monoisotopic (exact) mass is 195 g/mol. The molecule has 1 aromatic heterocycles. The minimum absolute atomic E-state index is 0.801. The Balaban J connectivity index is 2.96. The van der Waals surface area contributed by atoms with Crippen LogP contribution in [0.1, 0.15) is 5.56 Å². The molecule has 0 bridgehead atoms. The first-order chi connectivity index (χ1) is 5.70. The molecule has 0 saturated heterocycles. The number of thiol groups is 1. The number of thiophene rings is 1. The van der Waals surface area contributed by atoms with E-state index in [0.29, 0.717) is 0 Å². The molecule has 0 aliphatic carbocycles. The van der Waals surface area contributed by atoms with Crippen LogP contribution in [0, 0.1) is 6.92 Å². The molecular formula is C9H9NS2. The van der Waals surface area contributed by atoms with Gasteiger partial charge in [0.25, 0.3) is 0 Å². The minimum atomic E-state index is 0.801. The molecule has 12 heavy (non-hydrogen) atoms. The highest BCUT2D eigenvalue weighted by Gasteiger charge is 2.05. The number of nitrogens with two attached hydrogens (primary N) is 1. The highest BCUT2D eigenvalue weighted by atomic mass is 32.1. The smallest absolute Gasteiger partial charge is 0.0540 e. The molecule has 1 nitrogen and oxygen atoms in total. The van der Waals surface area contributed by atoms with E-state index < -0.39 is 0 Å². The topological polar surface area (TPSA) is 26.0 Å². The van der Waals surface area contributed by atoms with E-state index in [9.17, 15) is 0 Å². The number of hydrogen-bond acceptors (Lipinski definition) is 3. The number of hydrogen-bond donors (Lipinski definition) is 2. The molecule has 62 valence electrons. The summed E-state index contributed by atoms with van der Waals surface area (Å²) < 4.78 is 1.24. The van der Waals surface area contributed by atoms with Gasteiger partial charge in [-0.3, -0.25) is 0 Å². The van der Waals surface area contributed by atoms with Gasteiger partial charge in [0.15, 0.2) is 0 Å². The summed E-state index contributed by atoms with van der Waals surface area (Å²) in [5.41, 5.74) is 7.93. The molecule has 0 aliphatic rings. The average Bonchev–Trinajstić information content (AvgIpc) is 2.41. The van der Waals surface area contributed by atoms with E-state index >= 15 is 0 Å². The van der Waals surface area contributed by atoms with E-state index in [2.05, 4.69) is 31.0 Å². The fourth-order valence-electron chi connectivity index (χ4n) is 1.30. The van der Waals surface area contributed by atoms with Crippen LogP contribution in [0.3, 0.4) is 0 Å². The van der Waals surface area contributed by atoms with Gasteiger partial charge in [-0.1, -0.05) is 0 Å². The van der Waals surface area contributed by atoms with Gasteiger partial charge in [0.05, 0.1) is 5.69 Å². The van der Waals surface area contributed by atoms with Crippen LogP contribution in [0.5, 0.6) is 0 Å². The zero-order valence-corrected chi connectivity index (χ0v) is 8.38. The van der Waals surface area contributed by atoms with Crippen molar-refractivity contribution in [2.24, 2.45) is 0 Å². The molecule has 1 aromatic carbocycles. The van der Waals surface area contributed by atoms with E-state index in [4.69, 9.17) is 5.73 Å². The first kappa shape index (κ1) is 7.95. The summed E-state index contributed by atoms with van der Waals surface area (Å²) in [5, 5.41) is 3.28. The lowest BCUT2D eigenvalue weighted by molar-refractivity contribution is 1.50. The molecule has 0 saturated carbocycles. The van der Waals surface area contributed by atoms with E-state index in [1.54, 1.807) is 11.3 Å². The van der Waals surface area contributed by atoms with Crippen LogP contribution < -0.4 is 5.73 Å². The van der Waals surface area contributed by atoms with Crippen molar-refractivity contribution in [2.45, 2.75) is 11.8 Å². The Hall–Kier alpha value is -0.670. The van der Waals surface area contributed by atoms with Crippen LogP contribution >= 0.6 is 24.0 Å². The molecule has 0 atom stereocenters. The molecule has 0 aliphatic heterocycles. The second-order valence-corrected chi connectivity index (χ2v) is 4.18. The summed E-state index contributed by atoms with van der Waals surface area (Å²) in [6, 6.07) is 4.00. The van der Waals surface area contributed by atoms with Gasteiger partial charge < -0.3 is 5.73 Å². The maximum atomic E-state index is 5.89. The Bertz CT molecular complexity index is 431. The Morgan fingerprint density at radius 1 is 1.42 bits per heavy atom. The van der Waals surface area contributed by atoms with Gasteiger partial charge in [0.2, 0.25) is 0 Å². The Kier molecular flexibility index (Phi) is 1.77. The first-order valence-electron chi connectivity index (χ1n) is 3.65. The van der Waals surface area contributed by atoms with Crippen LogP contribution in [-0.2, 0) is 0 Å². The van der Waals surface area contributed by atoms with Gasteiger partial charge in [0.1, 0.15) is 0 Å². The SMILES string of the molecule is Cc1csc2ccc(S)c(N)c12. The van der Waals surface area contributed by atoms with Crippen LogP contribution in [-0.4, -0.2) is 0 Å². The quantitative estimate of drug-likeness (QED) is 0.490. The second-order valence-electron chi connectivity index (χ2n) is 2.79. The predicted molar refractivity (Wildman–Crippen MR) is 58.2 cm³/mol. The van der Waals surface area contributed by atoms with Crippen molar-refractivity contribution in [1.29, 1.82) is 0 Å². The number of rotatable bonds is 0. The van der Waals surface area contributed by atoms with Crippen molar-refractivity contribution in [1.82, 2.24) is 0 Å². The molecule has 0 spiro atoms. The fraction of sp³-hybridized carbons (Fsp3) is 0.111. The zero-order chi connectivity index (χ0) is 8.72. The third kappa shape index (κ3) is 1.01. The van der Waals surface area contributed by atoms with Crippen molar-refractivity contribution in [3.8, 4) is 0 Å². The van der Waals surface area contributed by atoms with Gasteiger partial charge >= 0.3 is 0 Å². The van der Waals surface area contributed by atoms with Crippen LogP contribution in [0.25, 0.3) is 10.1 Å². The molecule has 2 aromatic rings. The van der Waals surface area contributed by atoms with E-state index in [0.717, 1.165) is 16.0 Å². The average molecular weight is 195 g/mol. The number of nitrogen functional groups attached to an aromatic ring is 1. The maximum absolute atomic E-state index is 5.89. The normalized spacial score (nSPS) is 10.8. The summed E-state index contributed by atoms with van der Waals surface area (Å²) >= 11 is 6.00. The van der Waals surface area contributed by atoms with Crippen LogP contribution in [0.15, 0.2) is 22.4 Å². The van der Waals surface area contributed by atoms with Crippen molar-refractivity contribution in [3.63, 3.8) is 0 Å². The maximum Gasteiger partial charge on any atom is 0.0540 e. The standard InChI is InChI=1S/C9H9NS2/c1-5-4-12-7-3-2-6(11)9(10)8(5)7/h2-4,11H,10H2,1H3. The molecule has 0 fully saturated rings. The second kappa shape index (κ2) is 2.68. The molecular weight excluding hydrogens is 186 g/mol.